The van der Waals surface area contributed by atoms with Crippen LogP contribution in [0.25, 0.3) is 10.9 Å². The molecule has 1 heterocycles. The lowest BCUT2D eigenvalue weighted by molar-refractivity contribution is -0.121. The highest BCUT2D eigenvalue weighted by Gasteiger charge is 2.23. The van der Waals surface area contributed by atoms with Crippen LogP contribution in [0.5, 0.6) is 0 Å². The van der Waals surface area contributed by atoms with E-state index in [1.807, 2.05) is 36.4 Å². The minimum atomic E-state index is -0.102. The molecule has 1 aliphatic carbocycles. The summed E-state index contributed by atoms with van der Waals surface area (Å²) in [7, 11) is 0. The van der Waals surface area contributed by atoms with Crippen LogP contribution >= 0.6 is 0 Å². The van der Waals surface area contributed by atoms with Gasteiger partial charge in [0.2, 0.25) is 5.91 Å². The fourth-order valence-electron chi connectivity index (χ4n) is 2.81. The highest BCUT2D eigenvalue weighted by atomic mass is 16.2. The van der Waals surface area contributed by atoms with Gasteiger partial charge >= 0.3 is 0 Å². The Balaban J connectivity index is 1.31. The summed E-state index contributed by atoms with van der Waals surface area (Å²) in [6.07, 6.45) is 3.90. The number of fused-ring (bicyclic) bond motifs is 1. The number of carbonyl (C=O) groups is 2. The summed E-state index contributed by atoms with van der Waals surface area (Å²) < 4.78 is 1.69. The van der Waals surface area contributed by atoms with E-state index in [2.05, 4.69) is 15.7 Å². The first kappa shape index (κ1) is 16.3. The maximum Gasteiger partial charge on any atom is 0.251 e. The number of nitrogens with one attached hydrogen (secondary N) is 2. The molecule has 0 radical (unpaired) electrons. The average molecular weight is 348 g/mol. The van der Waals surface area contributed by atoms with Crippen LogP contribution in [0.15, 0.2) is 54.7 Å². The second kappa shape index (κ2) is 7.00. The van der Waals surface area contributed by atoms with Crippen molar-refractivity contribution >= 4 is 22.7 Å². The number of hydrogen-bond acceptors (Lipinski definition) is 3. The van der Waals surface area contributed by atoms with E-state index in [1.165, 1.54) is 0 Å². The summed E-state index contributed by atoms with van der Waals surface area (Å²) in [5, 5.41) is 11.1. The molecule has 2 N–H and O–H groups in total. The van der Waals surface area contributed by atoms with Gasteiger partial charge in [-0.2, -0.15) is 5.10 Å². The average Bonchev–Trinajstić information content (AvgIpc) is 3.39. The fraction of sp³-hybridized carbons (Fsp3) is 0.250. The summed E-state index contributed by atoms with van der Waals surface area (Å²) in [5.74, 6) is -0.136. The number of amides is 2. The minimum absolute atomic E-state index is 0.0337. The standard InChI is InChI=1S/C20H20N4O2/c25-19(13-24-18-4-2-1-3-16(18)12-22-24)21-11-14-5-7-15(8-6-14)20(26)23-17-9-10-17/h1-8,12,17H,9-11,13H2,(H,21,25)(H,23,26). The normalized spacial score (nSPS) is 13.5. The van der Waals surface area contributed by atoms with Crippen LogP contribution in [0.4, 0.5) is 0 Å². The number of rotatable bonds is 6. The van der Waals surface area contributed by atoms with Gasteiger partial charge in [0.05, 0.1) is 11.7 Å². The predicted octanol–water partition coefficient (Wildman–Crippen LogP) is 2.24. The molecule has 2 aromatic carbocycles. The Morgan fingerprint density at radius 3 is 2.62 bits per heavy atom. The zero-order chi connectivity index (χ0) is 17.9. The van der Waals surface area contributed by atoms with Gasteiger partial charge in [0.15, 0.2) is 0 Å². The molecule has 2 amide bonds. The summed E-state index contributed by atoms with van der Waals surface area (Å²) in [4.78, 5) is 24.2. The van der Waals surface area contributed by atoms with Crippen molar-refractivity contribution in [2.75, 3.05) is 0 Å². The molecule has 0 bridgehead atoms. The molecule has 1 fully saturated rings. The molecule has 1 saturated carbocycles. The van der Waals surface area contributed by atoms with Gasteiger partial charge in [0, 0.05) is 23.5 Å². The molecule has 4 rings (SSSR count). The summed E-state index contributed by atoms with van der Waals surface area (Å²) in [6, 6.07) is 15.5. The molecule has 0 atom stereocenters. The van der Waals surface area contributed by atoms with Gasteiger partial charge in [0.1, 0.15) is 6.54 Å². The third-order valence-electron chi connectivity index (χ3n) is 4.46. The Morgan fingerprint density at radius 1 is 1.08 bits per heavy atom. The summed E-state index contributed by atoms with van der Waals surface area (Å²) in [5.41, 5.74) is 2.54. The molecule has 0 saturated heterocycles. The smallest absolute Gasteiger partial charge is 0.251 e. The topological polar surface area (TPSA) is 76.0 Å². The van der Waals surface area contributed by atoms with Crippen molar-refractivity contribution in [3.8, 4) is 0 Å². The molecule has 26 heavy (non-hydrogen) atoms. The Bertz CT molecular complexity index is 942. The van der Waals surface area contributed by atoms with Crippen molar-refractivity contribution in [2.24, 2.45) is 0 Å². The predicted molar refractivity (Wildman–Crippen MR) is 98.5 cm³/mol. The Morgan fingerprint density at radius 2 is 1.85 bits per heavy atom. The highest BCUT2D eigenvalue weighted by molar-refractivity contribution is 5.94. The maximum absolute atomic E-state index is 12.2. The van der Waals surface area contributed by atoms with Gasteiger partial charge in [-0.1, -0.05) is 30.3 Å². The van der Waals surface area contributed by atoms with Crippen LogP contribution in [0.2, 0.25) is 0 Å². The zero-order valence-electron chi connectivity index (χ0n) is 14.3. The Labute approximate surface area is 151 Å². The van der Waals surface area contributed by atoms with E-state index in [1.54, 1.807) is 23.0 Å². The second-order valence-electron chi connectivity index (χ2n) is 6.58. The molecule has 6 heteroatoms. The number of carbonyl (C=O) groups excluding carboxylic acids is 2. The van der Waals surface area contributed by atoms with Crippen molar-refractivity contribution in [3.05, 3.63) is 65.9 Å². The van der Waals surface area contributed by atoms with Crippen molar-refractivity contribution < 1.29 is 9.59 Å². The maximum atomic E-state index is 12.2. The Kier molecular flexibility index (Phi) is 4.39. The molecule has 1 aromatic heterocycles. The second-order valence-corrected chi connectivity index (χ2v) is 6.58. The molecule has 6 nitrogen and oxygen atoms in total. The quantitative estimate of drug-likeness (QED) is 0.717. The first-order chi connectivity index (χ1) is 12.7. The van der Waals surface area contributed by atoms with E-state index >= 15 is 0 Å². The molecule has 0 unspecified atom stereocenters. The zero-order valence-corrected chi connectivity index (χ0v) is 14.3. The fourth-order valence-corrected chi connectivity index (χ4v) is 2.81. The van der Waals surface area contributed by atoms with Gasteiger partial charge in [0.25, 0.3) is 5.91 Å². The van der Waals surface area contributed by atoms with E-state index in [-0.39, 0.29) is 18.4 Å². The third kappa shape index (κ3) is 3.74. The first-order valence-electron chi connectivity index (χ1n) is 8.76. The van der Waals surface area contributed by atoms with Crippen LogP contribution in [0.1, 0.15) is 28.8 Å². The van der Waals surface area contributed by atoms with Crippen LogP contribution in [-0.4, -0.2) is 27.6 Å². The minimum Gasteiger partial charge on any atom is -0.350 e. The van der Waals surface area contributed by atoms with Crippen molar-refractivity contribution in [1.82, 2.24) is 20.4 Å². The SMILES string of the molecule is O=C(Cn1ncc2ccccc21)NCc1ccc(C(=O)NC2CC2)cc1. The number of nitrogens with zero attached hydrogens (tertiary/aromatic N) is 2. The number of benzene rings is 2. The van der Waals surface area contributed by atoms with E-state index in [0.29, 0.717) is 18.2 Å². The van der Waals surface area contributed by atoms with Gasteiger partial charge in [-0.15, -0.1) is 0 Å². The Hall–Kier alpha value is -3.15. The largest absolute Gasteiger partial charge is 0.350 e. The van der Waals surface area contributed by atoms with Crippen molar-refractivity contribution in [3.63, 3.8) is 0 Å². The number of aromatic nitrogens is 2. The molecule has 132 valence electrons. The van der Waals surface area contributed by atoms with Gasteiger partial charge < -0.3 is 10.6 Å². The lowest BCUT2D eigenvalue weighted by Crippen LogP contribution is -2.27. The molecular formula is C20H20N4O2. The third-order valence-corrected chi connectivity index (χ3v) is 4.46. The van der Waals surface area contributed by atoms with Crippen LogP contribution < -0.4 is 10.6 Å². The van der Waals surface area contributed by atoms with E-state index in [4.69, 9.17) is 0 Å². The molecule has 0 aliphatic heterocycles. The van der Waals surface area contributed by atoms with E-state index in [9.17, 15) is 9.59 Å². The highest BCUT2D eigenvalue weighted by Crippen LogP contribution is 2.19. The van der Waals surface area contributed by atoms with Crippen LogP contribution in [0.3, 0.4) is 0 Å². The van der Waals surface area contributed by atoms with Crippen molar-refractivity contribution in [1.29, 1.82) is 0 Å². The van der Waals surface area contributed by atoms with E-state index in [0.717, 1.165) is 29.3 Å². The van der Waals surface area contributed by atoms with Crippen LogP contribution in [0, 0.1) is 0 Å². The van der Waals surface area contributed by atoms with Gasteiger partial charge in [-0.05, 0) is 36.6 Å². The van der Waals surface area contributed by atoms with Gasteiger partial charge in [-0.3, -0.25) is 14.3 Å². The van der Waals surface area contributed by atoms with E-state index < -0.39 is 0 Å². The van der Waals surface area contributed by atoms with Crippen LogP contribution in [-0.2, 0) is 17.9 Å². The lowest BCUT2D eigenvalue weighted by Gasteiger charge is -2.08. The molecule has 0 spiro atoms. The summed E-state index contributed by atoms with van der Waals surface area (Å²) in [6.45, 7) is 0.595. The summed E-state index contributed by atoms with van der Waals surface area (Å²) >= 11 is 0. The monoisotopic (exact) mass is 348 g/mol. The number of hydrogen-bond donors (Lipinski definition) is 2. The molecule has 3 aromatic rings. The molecule has 1 aliphatic rings. The first-order valence-corrected chi connectivity index (χ1v) is 8.76. The van der Waals surface area contributed by atoms with Gasteiger partial charge in [-0.25, -0.2) is 0 Å². The lowest BCUT2D eigenvalue weighted by atomic mass is 10.1. The number of para-hydroxylation sites is 1. The molecular weight excluding hydrogens is 328 g/mol. The van der Waals surface area contributed by atoms with Crippen molar-refractivity contribution in [2.45, 2.75) is 32.0 Å².